The number of carbonyl (C=O) groups excluding carboxylic acids is 2. The third-order valence-corrected chi connectivity index (χ3v) is 13.1. The number of halogens is 3. The fraction of sp³-hybridized carbons (Fsp3) is 0.240. The number of nitrogens with zero attached hydrogens (tertiary/aromatic N) is 4. The van der Waals surface area contributed by atoms with Crippen LogP contribution in [0.3, 0.4) is 0 Å². The number of hydrogen-bond donors (Lipinski definition) is 2. The molecule has 2 aromatic heterocycles. The molecule has 69 heavy (non-hydrogen) atoms. The average Bonchev–Trinajstić information content (AvgIpc) is 3.29. The Bertz CT molecular complexity index is 3210. The van der Waals surface area contributed by atoms with Crippen molar-refractivity contribution in [2.24, 2.45) is 5.14 Å². The number of nitrogens with two attached hydrogens (primary N) is 1. The van der Waals surface area contributed by atoms with Crippen LogP contribution in [0.4, 0.5) is 8.78 Å². The first-order valence-electron chi connectivity index (χ1n) is 20.9. The van der Waals surface area contributed by atoms with Crippen molar-refractivity contribution in [3.63, 3.8) is 0 Å². The summed E-state index contributed by atoms with van der Waals surface area (Å²) in [7, 11) is -4.97. The third-order valence-electron chi connectivity index (χ3n) is 10.4. The van der Waals surface area contributed by atoms with E-state index in [0.29, 0.717) is 50.7 Å². The molecule has 2 heterocycles. The van der Waals surface area contributed by atoms with Gasteiger partial charge in [0.05, 0.1) is 53.7 Å². The molecule has 1 amide bonds. The van der Waals surface area contributed by atoms with Gasteiger partial charge in [-0.05, 0) is 154 Å². The Morgan fingerprint density at radius 3 is 1.49 bits per heavy atom. The largest absolute Gasteiger partial charge is 0.481 e. The Balaban J connectivity index is 0.000000252. The van der Waals surface area contributed by atoms with Gasteiger partial charge < -0.3 is 9.47 Å². The summed E-state index contributed by atoms with van der Waals surface area (Å²) >= 11 is 5.58. The summed E-state index contributed by atoms with van der Waals surface area (Å²) in [5.41, 5.74) is 6.39. The summed E-state index contributed by atoms with van der Waals surface area (Å²) in [4.78, 5) is 32.3. The predicted molar refractivity (Wildman–Crippen MR) is 257 cm³/mol. The van der Waals surface area contributed by atoms with Gasteiger partial charge >= 0.3 is 0 Å². The highest BCUT2D eigenvalue weighted by Gasteiger charge is 2.24. The molecule has 0 saturated carbocycles. The zero-order chi connectivity index (χ0) is 51.4. The van der Waals surface area contributed by atoms with E-state index < -0.39 is 37.0 Å². The van der Waals surface area contributed by atoms with Gasteiger partial charge in [-0.25, -0.2) is 45.4 Å². The van der Waals surface area contributed by atoms with Crippen LogP contribution in [0.15, 0.2) is 107 Å². The van der Waals surface area contributed by atoms with E-state index in [1.165, 1.54) is 68.9 Å². The van der Waals surface area contributed by atoms with Crippen LogP contribution in [0.2, 0.25) is 0 Å². The Labute approximate surface area is 405 Å². The lowest BCUT2D eigenvalue weighted by Crippen LogP contribution is -2.32. The Hall–Kier alpha value is -7.09. The number of nitrogens with one attached hydrogen (secondary N) is 1. The van der Waals surface area contributed by atoms with E-state index in [0.717, 1.165) is 16.7 Å². The monoisotopic (exact) mass is 998 g/mol. The molecule has 4 aromatic carbocycles. The second kappa shape index (κ2) is 23.8. The van der Waals surface area contributed by atoms with Crippen LogP contribution in [0.5, 0.6) is 11.8 Å². The molecule has 14 nitrogen and oxygen atoms in total. The van der Waals surface area contributed by atoms with Crippen LogP contribution >= 0.6 is 11.6 Å². The molecule has 360 valence electrons. The molecule has 0 spiro atoms. The lowest BCUT2D eigenvalue weighted by Gasteiger charge is -2.18. The van der Waals surface area contributed by atoms with Gasteiger partial charge in [-0.3, -0.25) is 9.59 Å². The van der Waals surface area contributed by atoms with Gasteiger partial charge in [0, 0.05) is 30.9 Å². The minimum Gasteiger partial charge on any atom is -0.481 e. The number of sulfonamides is 2. The predicted octanol–water partition coefficient (Wildman–Crippen LogP) is 9.09. The summed E-state index contributed by atoms with van der Waals surface area (Å²) in [5.74, 6) is -0.918. The molecule has 19 heteroatoms. The molecule has 3 N–H and O–H groups in total. The fourth-order valence-electron chi connectivity index (χ4n) is 7.11. The first-order valence-corrected chi connectivity index (χ1v) is 24.3. The number of ether oxygens (including phenoxy) is 2. The number of aryl methyl sites for hydroxylation is 2. The molecule has 0 aliphatic carbocycles. The summed E-state index contributed by atoms with van der Waals surface area (Å²) in [6, 6.07) is 24.6. The zero-order valence-electron chi connectivity index (χ0n) is 38.9. The summed E-state index contributed by atoms with van der Waals surface area (Å²) < 4.78 is 88.7. The van der Waals surface area contributed by atoms with Gasteiger partial charge in [-0.2, -0.15) is 10.5 Å². The maximum absolute atomic E-state index is 14.5. The van der Waals surface area contributed by atoms with Crippen LogP contribution in [-0.4, -0.2) is 52.2 Å². The summed E-state index contributed by atoms with van der Waals surface area (Å²) in [6.45, 7) is 10.8. The molecular weight excluding hydrogens is 950 g/mol. The first-order chi connectivity index (χ1) is 32.4. The molecule has 0 aliphatic heterocycles. The standard InChI is InChI=1S/C25H24FN3O4S.C17H17ClFNO2.C8H8N2O2S/c1-15(2)20-11-19(26)12-21(18-7-8-28-25(10-18)33-4)22(20)13-24(30)29-34(31,32)23-9-17(14-27)6-5-16(23)3;1-10(2)13-7-12(19)8-14(15(13)9-16(18)21)11-4-5-20-17(6-11)22-3;1-6-2-3-7(5-9)4-8(6)13(10,11)12/h5-12,15H,13H2,1-4H3,(H,29,30);4-8,10H,9H2,1-3H3;2-4H,1H3,(H2,10,11,12). The summed E-state index contributed by atoms with van der Waals surface area (Å²) in [6.07, 6.45) is 2.84. The highest BCUT2D eigenvalue weighted by molar-refractivity contribution is 7.90. The van der Waals surface area contributed by atoms with Gasteiger partial charge in [0.2, 0.25) is 32.9 Å². The van der Waals surface area contributed by atoms with Crippen LogP contribution in [0, 0.1) is 48.1 Å². The van der Waals surface area contributed by atoms with Crippen LogP contribution in [0.1, 0.15) is 84.0 Å². The number of rotatable bonds is 13. The van der Waals surface area contributed by atoms with Crippen molar-refractivity contribution in [3.05, 3.63) is 153 Å². The molecule has 0 unspecified atom stereocenters. The van der Waals surface area contributed by atoms with Crippen molar-refractivity contribution in [3.8, 4) is 46.2 Å². The van der Waals surface area contributed by atoms with Crippen molar-refractivity contribution in [1.29, 1.82) is 10.5 Å². The van der Waals surface area contributed by atoms with Gasteiger partial charge in [0.15, 0.2) is 0 Å². The van der Waals surface area contributed by atoms with Crippen LogP contribution in [-0.2, 0) is 42.5 Å². The number of amides is 1. The quantitative estimate of drug-likeness (QED) is 0.103. The lowest BCUT2D eigenvalue weighted by atomic mass is 9.88. The van der Waals surface area contributed by atoms with E-state index >= 15 is 0 Å². The second-order valence-corrected chi connectivity index (χ2v) is 19.6. The number of benzene rings is 4. The molecule has 6 rings (SSSR count). The maximum atomic E-state index is 14.5. The topological polar surface area (TPSA) is 232 Å². The second-order valence-electron chi connectivity index (χ2n) is 16.0. The van der Waals surface area contributed by atoms with Gasteiger partial charge in [-0.15, -0.1) is 0 Å². The highest BCUT2D eigenvalue weighted by atomic mass is 35.5. The van der Waals surface area contributed by atoms with Crippen LogP contribution in [0.25, 0.3) is 22.3 Å². The Morgan fingerprint density at radius 2 is 1.10 bits per heavy atom. The molecular formula is C50H49ClF2N6O8S2. The van der Waals surface area contributed by atoms with Gasteiger partial charge in [0.25, 0.3) is 10.0 Å². The average molecular weight is 1000 g/mol. The number of primary sulfonamides is 1. The molecule has 0 bridgehead atoms. The van der Waals surface area contributed by atoms with E-state index in [1.807, 2.05) is 39.8 Å². The fourth-order valence-corrected chi connectivity index (χ4v) is 9.31. The van der Waals surface area contributed by atoms with Gasteiger partial charge in [0.1, 0.15) is 11.6 Å². The number of nitriles is 2. The van der Waals surface area contributed by atoms with Crippen molar-refractivity contribution < 1.29 is 44.7 Å². The first kappa shape index (κ1) is 54.5. The molecule has 0 fully saturated rings. The Morgan fingerprint density at radius 1 is 0.681 bits per heavy atom. The summed E-state index contributed by atoms with van der Waals surface area (Å²) in [5, 5.41) is 22.1. The molecule has 0 aliphatic rings. The number of aromatic nitrogens is 2. The van der Waals surface area contributed by atoms with E-state index in [1.54, 1.807) is 56.4 Å². The maximum Gasteiger partial charge on any atom is 0.264 e. The normalized spacial score (nSPS) is 11.0. The van der Waals surface area contributed by atoms with Crippen molar-refractivity contribution in [2.45, 2.75) is 76.0 Å². The number of methoxy groups -OCH3 is 2. The number of pyridine rings is 2. The van der Waals surface area contributed by atoms with E-state index in [9.17, 15) is 35.2 Å². The molecule has 0 atom stereocenters. The lowest BCUT2D eigenvalue weighted by molar-refractivity contribution is -0.118. The number of hydrogen-bond acceptors (Lipinski definition) is 12. The minimum absolute atomic E-state index is 0.00606. The SMILES string of the molecule is COc1cc(-c2cc(F)cc(C(C)C)c2CC(=O)Cl)ccn1.COc1cc(-c2cc(F)cc(C(C)C)c2CC(=O)NS(=O)(=O)c2cc(C#N)ccc2C)ccn1.Cc1ccc(C#N)cc1S(N)(=O)=O. The van der Waals surface area contributed by atoms with Gasteiger partial charge in [-0.1, -0.05) is 39.8 Å². The van der Waals surface area contributed by atoms with E-state index in [4.69, 9.17) is 36.7 Å². The molecule has 6 aromatic rings. The smallest absolute Gasteiger partial charge is 0.264 e. The van der Waals surface area contributed by atoms with Crippen molar-refractivity contribution in [2.75, 3.05) is 14.2 Å². The van der Waals surface area contributed by atoms with Crippen molar-refractivity contribution >= 4 is 42.8 Å². The zero-order valence-corrected chi connectivity index (χ0v) is 41.3. The molecule has 0 radical (unpaired) electrons. The van der Waals surface area contributed by atoms with E-state index in [2.05, 4.69) is 14.7 Å². The third kappa shape index (κ3) is 14.7. The Kier molecular flexibility index (Phi) is 18.8. The molecule has 0 saturated heterocycles. The number of carbonyl (C=O) groups is 2. The minimum atomic E-state index is -4.23. The highest BCUT2D eigenvalue weighted by Crippen LogP contribution is 2.35. The van der Waals surface area contributed by atoms with Crippen LogP contribution < -0.4 is 19.3 Å². The van der Waals surface area contributed by atoms with Crippen molar-refractivity contribution in [1.82, 2.24) is 14.7 Å². The van der Waals surface area contributed by atoms with E-state index in [-0.39, 0.29) is 51.4 Å².